The minimum Gasteiger partial charge on any atom is -0.469 e. The molecule has 5 rings (SSSR count). The lowest BCUT2D eigenvalue weighted by Gasteiger charge is -2.33. The van der Waals surface area contributed by atoms with Gasteiger partial charge in [-0.3, -0.25) is 4.68 Å². The quantitative estimate of drug-likeness (QED) is 0.353. The van der Waals surface area contributed by atoms with Gasteiger partial charge < -0.3 is 15.4 Å². The van der Waals surface area contributed by atoms with Gasteiger partial charge in [-0.05, 0) is 36.2 Å². The summed E-state index contributed by atoms with van der Waals surface area (Å²) in [6.07, 6.45) is 6.02. The predicted octanol–water partition coefficient (Wildman–Crippen LogP) is 5.21. The highest BCUT2D eigenvalue weighted by molar-refractivity contribution is 5.85. The molecule has 35 heavy (non-hydrogen) atoms. The summed E-state index contributed by atoms with van der Waals surface area (Å²) in [6, 6.07) is 19.1. The fraction of sp³-hybridized carbons (Fsp3) is 0.231. The van der Waals surface area contributed by atoms with Gasteiger partial charge >= 0.3 is 0 Å². The van der Waals surface area contributed by atoms with Gasteiger partial charge in [0.15, 0.2) is 0 Å². The summed E-state index contributed by atoms with van der Waals surface area (Å²) in [7, 11) is 1.89. The number of pyridine rings is 1. The third-order valence-electron chi connectivity index (χ3n) is 5.89. The second-order valence-electron chi connectivity index (χ2n) is 8.20. The van der Waals surface area contributed by atoms with E-state index in [1.54, 1.807) is 10.7 Å². The molecule has 0 bridgehead atoms. The average molecular weight is 516 g/mol. The highest BCUT2D eigenvalue weighted by Crippen LogP contribution is 2.34. The monoisotopic (exact) mass is 515 g/mol. The summed E-state index contributed by atoms with van der Waals surface area (Å²) in [5.74, 6) is 0.407. The van der Waals surface area contributed by atoms with E-state index in [1.165, 1.54) is 6.07 Å². The van der Waals surface area contributed by atoms with Crippen molar-refractivity contribution in [3.05, 3.63) is 96.2 Å². The highest BCUT2D eigenvalue weighted by atomic mass is 35.5. The van der Waals surface area contributed by atoms with E-state index in [9.17, 15) is 4.39 Å². The summed E-state index contributed by atoms with van der Waals surface area (Å²) in [4.78, 5) is 4.57. The van der Waals surface area contributed by atoms with Crippen molar-refractivity contribution in [1.29, 1.82) is 0 Å². The van der Waals surface area contributed by atoms with Crippen molar-refractivity contribution in [2.75, 3.05) is 18.4 Å². The SMILES string of the molecule is Cl.Cl.Cn1cc(-c2cnc3c(c2)NC[C@@H]([C@H](NCCc2ccccc2F)c2ccccc2)O3)cn1. The predicted molar refractivity (Wildman–Crippen MR) is 141 cm³/mol. The lowest BCUT2D eigenvalue weighted by molar-refractivity contribution is 0.150. The molecule has 0 fully saturated rings. The van der Waals surface area contributed by atoms with Crippen LogP contribution in [0.4, 0.5) is 10.1 Å². The number of benzene rings is 2. The zero-order chi connectivity index (χ0) is 22.6. The van der Waals surface area contributed by atoms with E-state index in [-0.39, 0.29) is 42.8 Å². The molecule has 2 aromatic heterocycles. The van der Waals surface area contributed by atoms with Crippen molar-refractivity contribution in [1.82, 2.24) is 20.1 Å². The van der Waals surface area contributed by atoms with E-state index in [4.69, 9.17) is 4.74 Å². The number of hydrogen-bond donors (Lipinski definition) is 2. The molecule has 4 aromatic rings. The molecule has 1 aliphatic heterocycles. The van der Waals surface area contributed by atoms with Crippen LogP contribution in [-0.2, 0) is 13.5 Å². The Hall–Kier alpha value is -3.13. The number of ether oxygens (including phenoxy) is 1. The van der Waals surface area contributed by atoms with Gasteiger partial charge in [0.05, 0.1) is 24.5 Å². The van der Waals surface area contributed by atoms with E-state index < -0.39 is 0 Å². The van der Waals surface area contributed by atoms with Gasteiger partial charge in [0.2, 0.25) is 5.88 Å². The van der Waals surface area contributed by atoms with Crippen LogP contribution in [-0.4, -0.2) is 34.0 Å². The fourth-order valence-corrected chi connectivity index (χ4v) is 4.17. The first-order valence-electron chi connectivity index (χ1n) is 11.1. The minimum absolute atomic E-state index is 0. The minimum atomic E-state index is -0.173. The molecule has 0 spiro atoms. The van der Waals surface area contributed by atoms with E-state index >= 15 is 0 Å². The van der Waals surface area contributed by atoms with E-state index in [0.29, 0.717) is 31.0 Å². The topological polar surface area (TPSA) is 64.0 Å². The third kappa shape index (κ3) is 6.11. The van der Waals surface area contributed by atoms with E-state index in [0.717, 1.165) is 22.4 Å². The second-order valence-corrected chi connectivity index (χ2v) is 8.20. The van der Waals surface area contributed by atoms with Gasteiger partial charge in [-0.25, -0.2) is 9.37 Å². The number of aromatic nitrogens is 3. The summed E-state index contributed by atoms with van der Waals surface area (Å²) in [5, 5.41) is 11.3. The smallest absolute Gasteiger partial charge is 0.237 e. The van der Waals surface area contributed by atoms with Crippen LogP contribution >= 0.6 is 24.8 Å². The van der Waals surface area contributed by atoms with Crippen molar-refractivity contribution >= 4 is 30.5 Å². The molecule has 0 aliphatic carbocycles. The van der Waals surface area contributed by atoms with Crippen molar-refractivity contribution < 1.29 is 9.13 Å². The van der Waals surface area contributed by atoms with Crippen LogP contribution in [0.15, 0.2) is 79.3 Å². The molecular formula is C26H28Cl2FN5O. The number of anilines is 1. The Morgan fingerprint density at radius 3 is 2.60 bits per heavy atom. The molecule has 2 aromatic carbocycles. The van der Waals surface area contributed by atoms with Crippen molar-refractivity contribution in [3.63, 3.8) is 0 Å². The molecule has 1 aliphatic rings. The standard InChI is InChI=1S/C26H26FN5O.2ClH/c1-32-17-21(15-31-32)20-13-23-26(30-14-20)33-24(16-29-23)25(19-8-3-2-4-9-19)28-12-11-18-7-5-6-10-22(18)27;;/h2-10,13-15,17,24-25,28-29H,11-12,16H2,1H3;2*1H/t24-,25+;;/m0../s1. The maximum atomic E-state index is 14.0. The second kappa shape index (κ2) is 12.0. The molecule has 0 unspecified atom stereocenters. The molecule has 0 saturated heterocycles. The van der Waals surface area contributed by atoms with Crippen LogP contribution in [0.3, 0.4) is 0 Å². The van der Waals surface area contributed by atoms with Gasteiger partial charge in [0.25, 0.3) is 0 Å². The van der Waals surface area contributed by atoms with E-state index in [2.05, 4.69) is 32.8 Å². The Morgan fingerprint density at radius 1 is 1.09 bits per heavy atom. The Morgan fingerprint density at radius 2 is 1.86 bits per heavy atom. The van der Waals surface area contributed by atoms with Crippen LogP contribution in [0.25, 0.3) is 11.1 Å². The van der Waals surface area contributed by atoms with Gasteiger partial charge in [-0.15, -0.1) is 24.8 Å². The maximum Gasteiger partial charge on any atom is 0.237 e. The lowest BCUT2D eigenvalue weighted by atomic mass is 9.99. The average Bonchev–Trinajstić information content (AvgIpc) is 3.29. The summed E-state index contributed by atoms with van der Waals surface area (Å²) < 4.78 is 22.1. The van der Waals surface area contributed by atoms with Crippen LogP contribution in [0.1, 0.15) is 17.2 Å². The molecule has 0 amide bonds. The molecule has 2 N–H and O–H groups in total. The Bertz CT molecular complexity index is 1240. The zero-order valence-corrected chi connectivity index (χ0v) is 20.9. The Balaban J connectivity index is 0.00000171. The number of nitrogens with zero attached hydrogens (tertiary/aromatic N) is 3. The van der Waals surface area contributed by atoms with Gasteiger partial charge in [-0.2, -0.15) is 5.10 Å². The molecule has 2 atom stereocenters. The molecule has 0 saturated carbocycles. The molecule has 0 radical (unpaired) electrons. The molecule has 6 nitrogen and oxygen atoms in total. The van der Waals surface area contributed by atoms with Crippen LogP contribution in [0, 0.1) is 5.82 Å². The molecule has 184 valence electrons. The third-order valence-corrected chi connectivity index (χ3v) is 5.89. The maximum absolute atomic E-state index is 14.0. The summed E-state index contributed by atoms with van der Waals surface area (Å²) in [5.41, 5.74) is 4.68. The lowest BCUT2D eigenvalue weighted by Crippen LogP contribution is -2.43. The highest BCUT2D eigenvalue weighted by Gasteiger charge is 2.29. The number of rotatable bonds is 7. The van der Waals surface area contributed by atoms with Crippen molar-refractivity contribution in [2.24, 2.45) is 7.05 Å². The Kier molecular flexibility index (Phi) is 9.09. The largest absolute Gasteiger partial charge is 0.469 e. The first-order valence-corrected chi connectivity index (χ1v) is 11.1. The summed E-state index contributed by atoms with van der Waals surface area (Å²) in [6.45, 7) is 1.25. The summed E-state index contributed by atoms with van der Waals surface area (Å²) >= 11 is 0. The molecule has 3 heterocycles. The van der Waals surface area contributed by atoms with Gasteiger partial charge in [0, 0.05) is 30.6 Å². The number of aryl methyl sites for hydroxylation is 1. The van der Waals surface area contributed by atoms with Crippen LogP contribution in [0.5, 0.6) is 5.88 Å². The fourth-order valence-electron chi connectivity index (χ4n) is 4.17. The van der Waals surface area contributed by atoms with Crippen molar-refractivity contribution in [3.8, 4) is 17.0 Å². The van der Waals surface area contributed by atoms with Gasteiger partial charge in [0.1, 0.15) is 11.9 Å². The van der Waals surface area contributed by atoms with Gasteiger partial charge in [-0.1, -0.05) is 48.5 Å². The first kappa shape index (κ1) is 26.5. The van der Waals surface area contributed by atoms with Crippen molar-refractivity contribution in [2.45, 2.75) is 18.6 Å². The first-order chi connectivity index (χ1) is 16.2. The number of hydrogen-bond acceptors (Lipinski definition) is 5. The Labute approximate surface area is 216 Å². The number of fused-ring (bicyclic) bond motifs is 1. The molecular weight excluding hydrogens is 488 g/mol. The number of nitrogens with one attached hydrogen (secondary N) is 2. The zero-order valence-electron chi connectivity index (χ0n) is 19.2. The normalized spacial score (nSPS) is 15.0. The molecule has 9 heteroatoms. The van der Waals surface area contributed by atoms with Crippen LogP contribution in [0.2, 0.25) is 0 Å². The van der Waals surface area contributed by atoms with Crippen LogP contribution < -0.4 is 15.4 Å². The van der Waals surface area contributed by atoms with E-state index in [1.807, 2.05) is 62.0 Å². The number of halogens is 3.